The van der Waals surface area contributed by atoms with Gasteiger partial charge in [0.2, 0.25) is 11.8 Å². The van der Waals surface area contributed by atoms with Crippen molar-refractivity contribution in [2.45, 2.75) is 52.6 Å². The lowest BCUT2D eigenvalue weighted by atomic mass is 9.64. The number of aliphatic hydroxyl groups is 1. The van der Waals surface area contributed by atoms with E-state index in [2.05, 4.69) is 5.32 Å². The molecule has 0 heterocycles. The fourth-order valence-electron chi connectivity index (χ4n) is 5.15. The highest BCUT2D eigenvalue weighted by Crippen LogP contribution is 2.43. The largest absolute Gasteiger partial charge is 0.391 e. The number of nitrogens with zero attached hydrogens (tertiary/aromatic N) is 1. The van der Waals surface area contributed by atoms with Crippen molar-refractivity contribution in [1.29, 1.82) is 0 Å². The van der Waals surface area contributed by atoms with Gasteiger partial charge in [-0.3, -0.25) is 9.59 Å². The molecule has 0 saturated heterocycles. The summed E-state index contributed by atoms with van der Waals surface area (Å²) in [6, 6.07) is 17.7. The highest BCUT2D eigenvalue weighted by atomic mass is 16.3. The Morgan fingerprint density at radius 2 is 1.70 bits per heavy atom. The van der Waals surface area contributed by atoms with Crippen LogP contribution in [0.1, 0.15) is 44.2 Å². The molecule has 6 heteroatoms. The van der Waals surface area contributed by atoms with Crippen LogP contribution in [0, 0.1) is 18.3 Å². The zero-order valence-corrected chi connectivity index (χ0v) is 22.3. The third kappa shape index (κ3) is 7.10. The lowest BCUT2D eigenvalue weighted by Crippen LogP contribution is -2.51. The van der Waals surface area contributed by atoms with Crippen molar-refractivity contribution in [3.63, 3.8) is 0 Å². The molecule has 4 N–H and O–H groups in total. The van der Waals surface area contributed by atoms with Crippen molar-refractivity contribution in [3.8, 4) is 0 Å². The van der Waals surface area contributed by atoms with Gasteiger partial charge in [-0.25, -0.2) is 0 Å². The molecule has 0 radical (unpaired) electrons. The molecule has 0 bridgehead atoms. The maximum absolute atomic E-state index is 13.5. The quantitative estimate of drug-likeness (QED) is 0.371. The number of benzene rings is 2. The number of aryl methyl sites for hydroxylation is 1. The summed E-state index contributed by atoms with van der Waals surface area (Å²) in [5, 5.41) is 14.8. The number of carbonyl (C=O) groups excluding carboxylic acids is 2. The molecule has 0 aliphatic heterocycles. The minimum absolute atomic E-state index is 0.0654. The van der Waals surface area contributed by atoms with Crippen molar-refractivity contribution in [2.24, 2.45) is 17.1 Å². The predicted molar refractivity (Wildman–Crippen MR) is 150 cm³/mol. The van der Waals surface area contributed by atoms with Gasteiger partial charge in [-0.15, -0.1) is 0 Å². The molecule has 1 aliphatic carbocycles. The molecular weight excluding hydrogens is 462 g/mol. The van der Waals surface area contributed by atoms with Gasteiger partial charge in [-0.2, -0.15) is 0 Å². The number of anilines is 1. The monoisotopic (exact) mass is 503 g/mol. The average molecular weight is 504 g/mol. The molecule has 0 spiro atoms. The number of allylic oxidation sites excluding steroid dienone is 2. The molecule has 3 rings (SSSR count). The molecule has 0 fully saturated rings. The normalized spacial score (nSPS) is 18.5. The Kier molecular flexibility index (Phi) is 10.1. The van der Waals surface area contributed by atoms with Crippen molar-refractivity contribution in [3.05, 3.63) is 89.5 Å². The second-order valence-corrected chi connectivity index (χ2v) is 10.0. The summed E-state index contributed by atoms with van der Waals surface area (Å²) in [4.78, 5) is 28.5. The average Bonchev–Trinajstić information content (AvgIpc) is 2.91. The maximum Gasteiger partial charge on any atom is 0.249 e. The van der Waals surface area contributed by atoms with Gasteiger partial charge in [0.15, 0.2) is 0 Å². The van der Waals surface area contributed by atoms with Gasteiger partial charge in [0.25, 0.3) is 0 Å². The molecule has 1 unspecified atom stereocenters. The summed E-state index contributed by atoms with van der Waals surface area (Å²) >= 11 is 0. The van der Waals surface area contributed by atoms with E-state index in [9.17, 15) is 14.7 Å². The van der Waals surface area contributed by atoms with E-state index >= 15 is 0 Å². The van der Waals surface area contributed by atoms with Crippen LogP contribution in [0.25, 0.3) is 0 Å². The van der Waals surface area contributed by atoms with Gasteiger partial charge < -0.3 is 21.1 Å². The van der Waals surface area contributed by atoms with Crippen LogP contribution >= 0.6 is 0 Å². The third-order valence-corrected chi connectivity index (χ3v) is 7.17. The minimum atomic E-state index is -1.20. The summed E-state index contributed by atoms with van der Waals surface area (Å²) in [6.45, 7) is 7.68. The van der Waals surface area contributed by atoms with Gasteiger partial charge in [0.1, 0.15) is 0 Å². The summed E-state index contributed by atoms with van der Waals surface area (Å²) in [6.07, 6.45) is 6.77. The maximum atomic E-state index is 13.5. The van der Waals surface area contributed by atoms with Gasteiger partial charge in [-0.1, -0.05) is 80.1 Å². The molecule has 1 aliphatic rings. The molecular formula is C31H41N3O3. The first-order valence-electron chi connectivity index (χ1n) is 13.3. The number of aliphatic hydroxyl groups excluding tert-OH is 1. The molecule has 3 atom stereocenters. The number of amides is 2. The SMILES string of the molecule is CCCN(CCC)C(=O)C1=CC=CC(C(N)=O)([C@H](Cc2ccccc2)[C@@H](O)CNc2ccc(C)cc2)C1. The lowest BCUT2D eigenvalue weighted by Gasteiger charge is -2.41. The minimum Gasteiger partial charge on any atom is -0.391 e. The van der Waals surface area contributed by atoms with Crippen molar-refractivity contribution >= 4 is 17.5 Å². The van der Waals surface area contributed by atoms with E-state index in [1.165, 1.54) is 0 Å². The Labute approximate surface area is 221 Å². The zero-order chi connectivity index (χ0) is 26.8. The van der Waals surface area contributed by atoms with Gasteiger partial charge >= 0.3 is 0 Å². The van der Waals surface area contributed by atoms with E-state index in [1.807, 2.05) is 80.3 Å². The van der Waals surface area contributed by atoms with Crippen LogP contribution in [0.5, 0.6) is 0 Å². The highest BCUT2D eigenvalue weighted by Gasteiger charge is 2.47. The molecule has 37 heavy (non-hydrogen) atoms. The second-order valence-electron chi connectivity index (χ2n) is 10.0. The van der Waals surface area contributed by atoms with Gasteiger partial charge in [-0.05, 0) is 50.3 Å². The number of nitrogens with two attached hydrogens (primary N) is 1. The van der Waals surface area contributed by atoms with Crippen molar-refractivity contribution in [1.82, 2.24) is 4.90 Å². The van der Waals surface area contributed by atoms with Crippen molar-refractivity contribution in [2.75, 3.05) is 25.0 Å². The van der Waals surface area contributed by atoms with E-state index in [0.717, 1.165) is 29.7 Å². The number of rotatable bonds is 13. The van der Waals surface area contributed by atoms with E-state index in [4.69, 9.17) is 5.73 Å². The second kappa shape index (κ2) is 13.2. The Balaban J connectivity index is 1.92. The first kappa shape index (κ1) is 28.2. The standard InChI is InChI=1S/C31H41N3O3/c1-4-18-34(19-5-2)29(36)25-12-9-17-31(21-25,30(32)37)27(20-24-10-7-6-8-11-24)28(35)22-33-26-15-13-23(3)14-16-26/h6-17,27-28,33,35H,4-5,18-22H2,1-3H3,(H2,32,37)/t27-,28+,31?/m1/s1. The summed E-state index contributed by atoms with van der Waals surface area (Å²) < 4.78 is 0. The Morgan fingerprint density at radius 3 is 2.30 bits per heavy atom. The molecule has 0 aromatic heterocycles. The zero-order valence-electron chi connectivity index (χ0n) is 22.3. The van der Waals surface area contributed by atoms with E-state index in [1.54, 1.807) is 18.2 Å². The van der Waals surface area contributed by atoms with Crippen LogP contribution in [-0.4, -0.2) is 47.6 Å². The number of primary amides is 1. The van der Waals surface area contributed by atoms with Gasteiger partial charge in [0, 0.05) is 36.8 Å². The number of carbonyl (C=O) groups is 2. The molecule has 6 nitrogen and oxygen atoms in total. The number of hydrogen-bond donors (Lipinski definition) is 3. The third-order valence-electron chi connectivity index (χ3n) is 7.17. The fourth-order valence-corrected chi connectivity index (χ4v) is 5.15. The van der Waals surface area contributed by atoms with Crippen LogP contribution < -0.4 is 11.1 Å². The highest BCUT2D eigenvalue weighted by molar-refractivity contribution is 5.96. The van der Waals surface area contributed by atoms with Gasteiger partial charge in [0.05, 0.1) is 11.5 Å². The molecule has 2 aromatic carbocycles. The van der Waals surface area contributed by atoms with Crippen LogP contribution in [0.3, 0.4) is 0 Å². The molecule has 2 amide bonds. The molecule has 2 aromatic rings. The number of hydrogen-bond acceptors (Lipinski definition) is 4. The topological polar surface area (TPSA) is 95.7 Å². The summed E-state index contributed by atoms with van der Waals surface area (Å²) in [5.41, 5.74) is 8.49. The molecule has 198 valence electrons. The Bertz CT molecular complexity index is 1090. The van der Waals surface area contributed by atoms with E-state index in [-0.39, 0.29) is 18.9 Å². The van der Waals surface area contributed by atoms with Crippen LogP contribution in [0.4, 0.5) is 5.69 Å². The first-order valence-corrected chi connectivity index (χ1v) is 13.3. The Hall–Kier alpha value is -3.38. The van der Waals surface area contributed by atoms with E-state index < -0.39 is 23.3 Å². The summed E-state index contributed by atoms with van der Waals surface area (Å²) in [5.74, 6) is -1.14. The Morgan fingerprint density at radius 1 is 1.05 bits per heavy atom. The predicted octanol–water partition coefficient (Wildman–Crippen LogP) is 4.63. The summed E-state index contributed by atoms with van der Waals surface area (Å²) in [7, 11) is 0. The van der Waals surface area contributed by atoms with Crippen LogP contribution in [-0.2, 0) is 16.0 Å². The molecule has 0 saturated carbocycles. The fraction of sp³-hybridized carbons (Fsp3) is 0.419. The number of nitrogens with one attached hydrogen (secondary N) is 1. The smallest absolute Gasteiger partial charge is 0.249 e. The van der Waals surface area contributed by atoms with Crippen LogP contribution in [0.2, 0.25) is 0 Å². The van der Waals surface area contributed by atoms with Crippen LogP contribution in [0.15, 0.2) is 78.4 Å². The van der Waals surface area contributed by atoms with Crippen molar-refractivity contribution < 1.29 is 14.7 Å². The first-order chi connectivity index (χ1) is 17.8. The lowest BCUT2D eigenvalue weighted by molar-refractivity contribution is -0.131. The van der Waals surface area contributed by atoms with E-state index in [0.29, 0.717) is 25.1 Å².